The highest BCUT2D eigenvalue weighted by molar-refractivity contribution is 5.69. The van der Waals surface area contributed by atoms with Crippen LogP contribution in [-0.4, -0.2) is 111 Å². The van der Waals surface area contributed by atoms with Gasteiger partial charge in [0, 0.05) is 51.1 Å². The van der Waals surface area contributed by atoms with E-state index in [0.717, 1.165) is 11.1 Å². The van der Waals surface area contributed by atoms with Crippen molar-refractivity contribution in [2.75, 3.05) is 39.4 Å². The van der Waals surface area contributed by atoms with Gasteiger partial charge in [-0.25, -0.2) is 4.79 Å². The average molecular weight is 556 g/mol. The van der Waals surface area contributed by atoms with Crippen molar-refractivity contribution in [1.29, 1.82) is 0 Å². The second-order valence-corrected chi connectivity index (χ2v) is 12.2. The molecule has 2 aliphatic heterocycles. The van der Waals surface area contributed by atoms with E-state index in [1.807, 2.05) is 60.7 Å². The van der Waals surface area contributed by atoms with Gasteiger partial charge >= 0.3 is 6.09 Å². The molecular formula is C31H45N3O6. The lowest BCUT2D eigenvalue weighted by atomic mass is 9.90. The Balaban J connectivity index is 1.57. The van der Waals surface area contributed by atoms with Crippen molar-refractivity contribution < 1.29 is 30.0 Å². The van der Waals surface area contributed by atoms with Crippen LogP contribution in [0.2, 0.25) is 0 Å². The second-order valence-electron chi connectivity index (χ2n) is 12.2. The molecule has 4 N–H and O–H groups in total. The number of hydrogen-bond acceptors (Lipinski definition) is 8. The van der Waals surface area contributed by atoms with Crippen LogP contribution in [0, 0.1) is 11.8 Å². The Labute approximate surface area is 237 Å². The molecule has 2 fully saturated rings. The average Bonchev–Trinajstić information content (AvgIpc) is 3.45. The van der Waals surface area contributed by atoms with E-state index >= 15 is 0 Å². The number of ether oxygens (including phenoxy) is 1. The fraction of sp³-hybridized carbons (Fsp3) is 0.581. The van der Waals surface area contributed by atoms with E-state index < -0.39 is 61.0 Å². The van der Waals surface area contributed by atoms with E-state index in [1.165, 1.54) is 4.90 Å². The van der Waals surface area contributed by atoms with Crippen molar-refractivity contribution in [3.05, 3.63) is 71.8 Å². The summed E-state index contributed by atoms with van der Waals surface area (Å²) in [5, 5.41) is 43.6. The number of aliphatic hydroxyl groups excluding tert-OH is 4. The fourth-order valence-electron chi connectivity index (χ4n) is 6.18. The maximum absolute atomic E-state index is 13.7. The highest BCUT2D eigenvalue weighted by Crippen LogP contribution is 2.32. The molecule has 9 nitrogen and oxygen atoms in total. The van der Waals surface area contributed by atoms with Gasteiger partial charge in [-0.1, -0.05) is 60.7 Å². The third-order valence-corrected chi connectivity index (χ3v) is 8.00. The number of hydrogen-bond donors (Lipinski definition) is 4. The summed E-state index contributed by atoms with van der Waals surface area (Å²) in [5.41, 5.74) is 1.41. The SMILES string of the molecule is CC(C)(C)OC(=O)N(C(CO)C1CN(Cc2ccccc2)CC1O)C(CO)C1CN(Cc2ccccc2)CC1O. The van der Waals surface area contributed by atoms with E-state index in [0.29, 0.717) is 39.3 Å². The van der Waals surface area contributed by atoms with Gasteiger partial charge in [0.2, 0.25) is 0 Å². The quantitative estimate of drug-likeness (QED) is 0.352. The van der Waals surface area contributed by atoms with Crippen LogP contribution in [0.25, 0.3) is 0 Å². The number of carbonyl (C=O) groups excluding carboxylic acids is 1. The monoisotopic (exact) mass is 555 g/mol. The van der Waals surface area contributed by atoms with Gasteiger partial charge in [0.15, 0.2) is 0 Å². The molecule has 6 atom stereocenters. The molecule has 9 heteroatoms. The van der Waals surface area contributed by atoms with Crippen LogP contribution in [-0.2, 0) is 17.8 Å². The van der Waals surface area contributed by atoms with Crippen LogP contribution in [0.1, 0.15) is 31.9 Å². The Morgan fingerprint density at radius 1 is 0.800 bits per heavy atom. The van der Waals surface area contributed by atoms with Gasteiger partial charge < -0.3 is 25.2 Å². The highest BCUT2D eigenvalue weighted by atomic mass is 16.6. The Morgan fingerprint density at radius 3 is 1.55 bits per heavy atom. The molecule has 2 heterocycles. The summed E-state index contributed by atoms with van der Waals surface area (Å²) >= 11 is 0. The number of nitrogens with zero attached hydrogens (tertiary/aromatic N) is 3. The Hall–Kier alpha value is -2.53. The largest absolute Gasteiger partial charge is 0.444 e. The van der Waals surface area contributed by atoms with Crippen molar-refractivity contribution in [2.45, 2.75) is 63.8 Å². The molecule has 6 unspecified atom stereocenters. The number of carbonyl (C=O) groups is 1. The maximum atomic E-state index is 13.7. The Bertz CT molecular complexity index is 994. The lowest BCUT2D eigenvalue weighted by Gasteiger charge is -2.43. The predicted molar refractivity (Wildman–Crippen MR) is 152 cm³/mol. The zero-order chi connectivity index (χ0) is 28.9. The molecule has 40 heavy (non-hydrogen) atoms. The number of β-amino-alcohol motifs (C(OH)–C–C–N with tert-alkyl or cyclic N) is 2. The summed E-state index contributed by atoms with van der Waals surface area (Å²) in [6, 6.07) is 18.3. The molecule has 0 radical (unpaired) electrons. The van der Waals surface area contributed by atoms with Gasteiger partial charge in [-0.15, -0.1) is 0 Å². The molecule has 2 aliphatic rings. The van der Waals surface area contributed by atoms with Crippen LogP contribution < -0.4 is 0 Å². The van der Waals surface area contributed by atoms with Crippen molar-refractivity contribution in [3.8, 4) is 0 Å². The van der Waals surface area contributed by atoms with Gasteiger partial charge in [0.05, 0.1) is 37.5 Å². The minimum atomic E-state index is -0.809. The molecule has 0 saturated carbocycles. The Kier molecular flexibility index (Phi) is 10.2. The normalized spacial score (nSPS) is 25.6. The standard InChI is InChI=1S/C31H45N3O6/c1-31(2,3)40-30(39)34(26(20-35)24-16-32(18-28(24)37)14-22-10-6-4-7-11-22)27(21-36)25-17-33(19-29(25)38)15-23-12-8-5-9-13-23/h4-13,24-29,35-38H,14-21H2,1-3H3. The van der Waals surface area contributed by atoms with Gasteiger partial charge in [-0.05, 0) is 31.9 Å². The topological polar surface area (TPSA) is 117 Å². The summed E-state index contributed by atoms with van der Waals surface area (Å²) < 4.78 is 5.77. The van der Waals surface area contributed by atoms with E-state index in [9.17, 15) is 25.2 Å². The second kappa shape index (κ2) is 13.4. The van der Waals surface area contributed by atoms with E-state index in [1.54, 1.807) is 20.8 Å². The van der Waals surface area contributed by atoms with Gasteiger partial charge in [-0.3, -0.25) is 14.7 Å². The third kappa shape index (κ3) is 7.60. The number of rotatable bonds is 10. The van der Waals surface area contributed by atoms with Gasteiger partial charge in [-0.2, -0.15) is 0 Å². The van der Waals surface area contributed by atoms with Gasteiger partial charge in [0.25, 0.3) is 0 Å². The van der Waals surface area contributed by atoms with Crippen LogP contribution in [0.5, 0.6) is 0 Å². The predicted octanol–water partition coefficient (Wildman–Crippen LogP) is 1.93. The molecule has 2 saturated heterocycles. The zero-order valence-corrected chi connectivity index (χ0v) is 23.8. The number of aliphatic hydroxyl groups is 4. The van der Waals surface area contributed by atoms with E-state index in [-0.39, 0.29) is 0 Å². The first kappa shape index (κ1) is 30.4. The molecule has 0 aromatic heterocycles. The fourth-order valence-corrected chi connectivity index (χ4v) is 6.18. The van der Waals surface area contributed by atoms with Crippen LogP contribution in [0.3, 0.4) is 0 Å². The molecule has 0 aliphatic carbocycles. The first-order valence-corrected chi connectivity index (χ1v) is 14.2. The number of benzene rings is 2. The molecule has 0 bridgehead atoms. The summed E-state index contributed by atoms with van der Waals surface area (Å²) in [7, 11) is 0. The lowest BCUT2D eigenvalue weighted by molar-refractivity contribution is -0.0513. The van der Waals surface area contributed by atoms with Crippen molar-refractivity contribution in [2.24, 2.45) is 11.8 Å². The molecule has 2 aromatic carbocycles. The van der Waals surface area contributed by atoms with Crippen molar-refractivity contribution in [3.63, 3.8) is 0 Å². The van der Waals surface area contributed by atoms with Crippen LogP contribution >= 0.6 is 0 Å². The maximum Gasteiger partial charge on any atom is 0.410 e. The molecule has 0 spiro atoms. The molecule has 1 amide bonds. The summed E-state index contributed by atoms with van der Waals surface area (Å²) in [6.45, 7) is 7.49. The van der Waals surface area contributed by atoms with E-state index in [4.69, 9.17) is 4.74 Å². The summed E-state index contributed by atoms with van der Waals surface area (Å²) in [4.78, 5) is 19.4. The summed E-state index contributed by atoms with van der Waals surface area (Å²) in [6.07, 6.45) is -2.24. The minimum absolute atomic E-state index is 0.402. The molecule has 2 aromatic rings. The molecule has 220 valence electrons. The van der Waals surface area contributed by atoms with Crippen LogP contribution in [0.15, 0.2) is 60.7 Å². The first-order chi connectivity index (χ1) is 19.1. The Morgan fingerprint density at radius 2 is 1.20 bits per heavy atom. The highest BCUT2D eigenvalue weighted by Gasteiger charge is 2.48. The molecular weight excluding hydrogens is 510 g/mol. The van der Waals surface area contributed by atoms with Crippen LogP contribution in [0.4, 0.5) is 4.79 Å². The molecule has 4 rings (SSSR count). The summed E-state index contributed by atoms with van der Waals surface area (Å²) in [5.74, 6) is -0.927. The van der Waals surface area contributed by atoms with Crippen molar-refractivity contribution >= 4 is 6.09 Å². The zero-order valence-electron chi connectivity index (χ0n) is 23.8. The number of likely N-dealkylation sites (tertiary alicyclic amines) is 2. The lowest BCUT2D eigenvalue weighted by Crippen LogP contribution is -2.59. The smallest absolute Gasteiger partial charge is 0.410 e. The van der Waals surface area contributed by atoms with Gasteiger partial charge in [0.1, 0.15) is 5.60 Å². The first-order valence-electron chi connectivity index (χ1n) is 14.2. The number of amides is 1. The van der Waals surface area contributed by atoms with E-state index in [2.05, 4.69) is 9.80 Å². The third-order valence-electron chi connectivity index (χ3n) is 8.00. The van der Waals surface area contributed by atoms with Crippen molar-refractivity contribution in [1.82, 2.24) is 14.7 Å². The minimum Gasteiger partial charge on any atom is -0.444 e.